The molecule has 0 aliphatic heterocycles. The van der Waals surface area contributed by atoms with Crippen molar-refractivity contribution in [2.24, 2.45) is 0 Å². The predicted molar refractivity (Wildman–Crippen MR) is 68.5 cm³/mol. The van der Waals surface area contributed by atoms with Gasteiger partial charge in [0.2, 0.25) is 0 Å². The van der Waals surface area contributed by atoms with Crippen molar-refractivity contribution >= 4 is 11.8 Å². The van der Waals surface area contributed by atoms with Crippen molar-refractivity contribution in [2.75, 3.05) is 39.7 Å². The Morgan fingerprint density at radius 2 is 1.81 bits per heavy atom. The first kappa shape index (κ1) is 13.4. The molecular formula is C12H19NO2S. The molecule has 0 aromatic heterocycles. The maximum Gasteiger partial charge on any atom is 0.119 e. The molecule has 1 N–H and O–H groups in total. The van der Waals surface area contributed by atoms with Gasteiger partial charge >= 0.3 is 0 Å². The normalized spacial score (nSPS) is 10.4. The average Bonchev–Trinajstić information content (AvgIpc) is 2.34. The fourth-order valence-corrected chi connectivity index (χ4v) is 1.62. The molecule has 0 aliphatic carbocycles. The van der Waals surface area contributed by atoms with Crippen LogP contribution in [0.4, 0.5) is 0 Å². The Hall–Kier alpha value is -0.710. The Labute approximate surface area is 102 Å². The molecule has 0 heterocycles. The number of ether oxygens (including phenoxy) is 2. The fraction of sp³-hybridized carbons (Fsp3) is 0.500. The second-order valence-electron chi connectivity index (χ2n) is 3.27. The molecule has 0 amide bonds. The lowest BCUT2D eigenvalue weighted by Crippen LogP contribution is -2.24. The van der Waals surface area contributed by atoms with Gasteiger partial charge in [-0.2, -0.15) is 0 Å². The first-order valence-electron chi connectivity index (χ1n) is 5.33. The van der Waals surface area contributed by atoms with Crippen LogP contribution in [0.25, 0.3) is 0 Å². The zero-order chi connectivity index (χ0) is 11.6. The van der Waals surface area contributed by atoms with Crippen molar-refractivity contribution in [1.82, 2.24) is 5.32 Å². The van der Waals surface area contributed by atoms with Gasteiger partial charge in [0.05, 0.1) is 6.61 Å². The van der Waals surface area contributed by atoms with Crippen LogP contribution in [0.15, 0.2) is 29.2 Å². The molecule has 1 rings (SSSR count). The molecule has 1 aromatic rings. The average molecular weight is 241 g/mol. The number of benzene rings is 1. The second kappa shape index (κ2) is 8.44. The van der Waals surface area contributed by atoms with Crippen LogP contribution in [0.1, 0.15) is 0 Å². The van der Waals surface area contributed by atoms with Crippen LogP contribution in [-0.4, -0.2) is 39.7 Å². The molecule has 0 bridgehead atoms. The molecule has 0 unspecified atom stereocenters. The number of hydrogen-bond acceptors (Lipinski definition) is 4. The van der Waals surface area contributed by atoms with E-state index in [1.807, 2.05) is 12.1 Å². The van der Waals surface area contributed by atoms with E-state index in [1.54, 1.807) is 18.9 Å². The molecule has 4 heteroatoms. The van der Waals surface area contributed by atoms with Crippen LogP contribution in [0.5, 0.6) is 5.75 Å². The summed E-state index contributed by atoms with van der Waals surface area (Å²) in [6.45, 7) is 3.13. The Morgan fingerprint density at radius 1 is 1.12 bits per heavy atom. The highest BCUT2D eigenvalue weighted by molar-refractivity contribution is 7.98. The third-order valence-electron chi connectivity index (χ3n) is 2.09. The number of nitrogens with one attached hydrogen (secondary N) is 1. The summed E-state index contributed by atoms with van der Waals surface area (Å²) in [5, 5.41) is 3.22. The number of hydrogen-bond donors (Lipinski definition) is 1. The van der Waals surface area contributed by atoms with Crippen molar-refractivity contribution in [1.29, 1.82) is 0 Å². The van der Waals surface area contributed by atoms with Crippen molar-refractivity contribution < 1.29 is 9.47 Å². The SMILES string of the molecule is COCCNCCOc1ccc(SC)cc1. The number of thioether (sulfide) groups is 1. The Bertz CT molecular complexity index is 277. The summed E-state index contributed by atoms with van der Waals surface area (Å²) >= 11 is 1.73. The molecule has 3 nitrogen and oxygen atoms in total. The van der Waals surface area contributed by atoms with E-state index < -0.39 is 0 Å². The van der Waals surface area contributed by atoms with Crippen molar-refractivity contribution in [3.63, 3.8) is 0 Å². The molecule has 0 spiro atoms. The van der Waals surface area contributed by atoms with Crippen LogP contribution in [-0.2, 0) is 4.74 Å². The smallest absolute Gasteiger partial charge is 0.119 e. The summed E-state index contributed by atoms with van der Waals surface area (Å²) in [7, 11) is 1.70. The van der Waals surface area contributed by atoms with Crippen LogP contribution in [0.2, 0.25) is 0 Å². The van der Waals surface area contributed by atoms with E-state index in [1.165, 1.54) is 4.90 Å². The maximum atomic E-state index is 5.57. The highest BCUT2D eigenvalue weighted by Gasteiger charge is 1.94. The molecular weight excluding hydrogens is 222 g/mol. The lowest BCUT2D eigenvalue weighted by atomic mass is 10.3. The van der Waals surface area contributed by atoms with Crippen LogP contribution in [0.3, 0.4) is 0 Å². The Balaban J connectivity index is 2.12. The minimum Gasteiger partial charge on any atom is -0.492 e. The van der Waals surface area contributed by atoms with E-state index >= 15 is 0 Å². The van der Waals surface area contributed by atoms with Gasteiger partial charge in [0.1, 0.15) is 12.4 Å². The van der Waals surface area contributed by atoms with E-state index in [0.717, 1.165) is 25.4 Å². The van der Waals surface area contributed by atoms with Gasteiger partial charge in [0.25, 0.3) is 0 Å². The largest absolute Gasteiger partial charge is 0.492 e. The summed E-state index contributed by atoms with van der Waals surface area (Å²) in [5.41, 5.74) is 0. The minimum absolute atomic E-state index is 0.683. The van der Waals surface area contributed by atoms with Crippen molar-refractivity contribution in [2.45, 2.75) is 4.90 Å². The van der Waals surface area contributed by atoms with E-state index in [4.69, 9.17) is 9.47 Å². The molecule has 0 radical (unpaired) electrons. The quantitative estimate of drug-likeness (QED) is 0.557. The fourth-order valence-electron chi connectivity index (χ4n) is 1.21. The lowest BCUT2D eigenvalue weighted by molar-refractivity contribution is 0.197. The van der Waals surface area contributed by atoms with E-state index in [-0.39, 0.29) is 0 Å². The van der Waals surface area contributed by atoms with Gasteiger partial charge in [-0.15, -0.1) is 11.8 Å². The minimum atomic E-state index is 0.683. The molecule has 0 saturated heterocycles. The molecule has 0 fully saturated rings. The third kappa shape index (κ3) is 5.39. The van der Waals surface area contributed by atoms with Gasteiger partial charge in [-0.25, -0.2) is 0 Å². The number of methoxy groups -OCH3 is 1. The first-order valence-corrected chi connectivity index (χ1v) is 6.56. The van der Waals surface area contributed by atoms with Crippen molar-refractivity contribution in [3.05, 3.63) is 24.3 Å². The van der Waals surface area contributed by atoms with Gasteiger partial charge in [0, 0.05) is 25.1 Å². The Kier molecular flexibility index (Phi) is 7.05. The predicted octanol–water partition coefficient (Wildman–Crippen LogP) is 2.02. The molecule has 0 saturated carbocycles. The van der Waals surface area contributed by atoms with Gasteiger partial charge in [0.15, 0.2) is 0 Å². The summed E-state index contributed by atoms with van der Waals surface area (Å²) < 4.78 is 10.5. The number of rotatable bonds is 8. The summed E-state index contributed by atoms with van der Waals surface area (Å²) in [6, 6.07) is 8.14. The van der Waals surface area contributed by atoms with Crippen LogP contribution < -0.4 is 10.1 Å². The van der Waals surface area contributed by atoms with E-state index in [0.29, 0.717) is 6.61 Å². The zero-order valence-electron chi connectivity index (χ0n) is 9.86. The lowest BCUT2D eigenvalue weighted by Gasteiger charge is -2.07. The summed E-state index contributed by atoms with van der Waals surface area (Å²) in [5.74, 6) is 0.923. The Morgan fingerprint density at radius 3 is 2.44 bits per heavy atom. The zero-order valence-corrected chi connectivity index (χ0v) is 10.7. The van der Waals surface area contributed by atoms with Crippen LogP contribution >= 0.6 is 11.8 Å². The second-order valence-corrected chi connectivity index (χ2v) is 4.15. The highest BCUT2D eigenvalue weighted by atomic mass is 32.2. The van der Waals surface area contributed by atoms with E-state index in [2.05, 4.69) is 23.7 Å². The van der Waals surface area contributed by atoms with Gasteiger partial charge in [-0.3, -0.25) is 0 Å². The summed E-state index contributed by atoms with van der Waals surface area (Å²) in [4.78, 5) is 1.26. The van der Waals surface area contributed by atoms with E-state index in [9.17, 15) is 0 Å². The molecule has 0 atom stereocenters. The van der Waals surface area contributed by atoms with Crippen molar-refractivity contribution in [3.8, 4) is 5.75 Å². The third-order valence-corrected chi connectivity index (χ3v) is 2.83. The first-order chi connectivity index (χ1) is 7.86. The maximum absolute atomic E-state index is 5.57. The van der Waals surface area contributed by atoms with Crippen LogP contribution in [0, 0.1) is 0 Å². The van der Waals surface area contributed by atoms with Gasteiger partial charge < -0.3 is 14.8 Å². The highest BCUT2D eigenvalue weighted by Crippen LogP contribution is 2.18. The molecule has 90 valence electrons. The molecule has 16 heavy (non-hydrogen) atoms. The standard InChI is InChI=1S/C12H19NO2S/c1-14-9-7-13-8-10-15-11-3-5-12(16-2)6-4-11/h3-6,13H,7-10H2,1-2H3. The monoisotopic (exact) mass is 241 g/mol. The topological polar surface area (TPSA) is 30.5 Å². The van der Waals surface area contributed by atoms with Gasteiger partial charge in [-0.05, 0) is 30.5 Å². The van der Waals surface area contributed by atoms with Gasteiger partial charge in [-0.1, -0.05) is 0 Å². The summed E-state index contributed by atoms with van der Waals surface area (Å²) in [6.07, 6.45) is 2.07. The molecule has 1 aromatic carbocycles. The molecule has 0 aliphatic rings.